The van der Waals surface area contributed by atoms with Crippen LogP contribution in [0.15, 0.2) is 121 Å². The predicted octanol–water partition coefficient (Wildman–Crippen LogP) is 7.23. The van der Waals surface area contributed by atoms with Crippen molar-refractivity contribution in [2.45, 2.75) is 39.2 Å². The second-order valence-electron chi connectivity index (χ2n) is 11.7. The van der Waals surface area contributed by atoms with Crippen LogP contribution in [0.3, 0.4) is 0 Å². The van der Waals surface area contributed by atoms with E-state index in [2.05, 4.69) is 147 Å². The summed E-state index contributed by atoms with van der Waals surface area (Å²) in [4.78, 5) is 0. The number of hydrogen-bond acceptors (Lipinski definition) is 2. The quantitative estimate of drug-likeness (QED) is 0.204. The van der Waals surface area contributed by atoms with Crippen molar-refractivity contribution in [3.8, 4) is 0 Å². The van der Waals surface area contributed by atoms with E-state index in [0.717, 1.165) is 13.0 Å². The minimum Gasteiger partial charge on any atom is -0.346 e. The lowest BCUT2D eigenvalue weighted by atomic mass is 9.68. The lowest BCUT2D eigenvalue weighted by Gasteiger charge is -2.47. The fourth-order valence-electron chi connectivity index (χ4n) is 7.21. The summed E-state index contributed by atoms with van der Waals surface area (Å²) in [6, 6.07) is 44.0. The molecule has 2 bridgehead atoms. The molecule has 0 N–H and O–H groups in total. The Hall–Kier alpha value is -2.34. The fourth-order valence-corrected chi connectivity index (χ4v) is 11.6. The molecule has 4 heteroatoms. The van der Waals surface area contributed by atoms with Gasteiger partial charge in [0.05, 0.1) is 14.3 Å². The molecule has 2 aliphatic rings. The number of nitrogens with zero attached hydrogens (tertiary/aromatic N) is 1. The third-order valence-electron chi connectivity index (χ3n) is 9.43. The van der Waals surface area contributed by atoms with Gasteiger partial charge in [-0.15, -0.1) is 0 Å². The SMILES string of the molecule is CN(C[C@]12CC[C@H](C[C@H]1OP(c1ccccc1)c1ccccc1)C2(C)C)P(c1ccccc1)c1ccccc1. The lowest BCUT2D eigenvalue weighted by Crippen LogP contribution is -2.48. The third kappa shape index (κ3) is 5.03. The zero-order valence-electron chi connectivity index (χ0n) is 23.3. The Kier molecular flexibility index (Phi) is 7.76. The molecule has 0 aromatic heterocycles. The summed E-state index contributed by atoms with van der Waals surface area (Å²) in [7, 11) is 0.837. The summed E-state index contributed by atoms with van der Waals surface area (Å²) in [6.45, 7) is 6.11. The Bertz CT molecular complexity index is 1270. The second kappa shape index (κ2) is 11.3. The van der Waals surface area contributed by atoms with Crippen LogP contribution in [0.2, 0.25) is 0 Å². The van der Waals surface area contributed by atoms with Crippen molar-refractivity contribution in [3.63, 3.8) is 0 Å². The molecule has 0 radical (unpaired) electrons. The highest BCUT2D eigenvalue weighted by Gasteiger charge is 2.65. The molecule has 3 atom stereocenters. The first kappa shape index (κ1) is 26.9. The molecule has 0 heterocycles. The van der Waals surface area contributed by atoms with Crippen LogP contribution in [0.5, 0.6) is 0 Å². The highest BCUT2D eigenvalue weighted by molar-refractivity contribution is 7.70. The van der Waals surface area contributed by atoms with Gasteiger partial charge in [-0.25, -0.2) is 0 Å². The van der Waals surface area contributed by atoms with Crippen molar-refractivity contribution in [1.29, 1.82) is 0 Å². The minimum absolute atomic E-state index is 0.112. The van der Waals surface area contributed by atoms with Crippen LogP contribution in [0.1, 0.15) is 33.1 Å². The number of hydrogen-bond donors (Lipinski definition) is 0. The van der Waals surface area contributed by atoms with Gasteiger partial charge in [0.25, 0.3) is 0 Å². The Morgan fingerprint density at radius 1 is 0.692 bits per heavy atom. The summed E-state index contributed by atoms with van der Waals surface area (Å²) < 4.78 is 10.1. The van der Waals surface area contributed by atoms with Gasteiger partial charge < -0.3 is 4.52 Å². The van der Waals surface area contributed by atoms with Gasteiger partial charge >= 0.3 is 0 Å². The van der Waals surface area contributed by atoms with E-state index in [0.29, 0.717) is 5.92 Å². The van der Waals surface area contributed by atoms with Gasteiger partial charge in [-0.1, -0.05) is 135 Å². The van der Waals surface area contributed by atoms with Gasteiger partial charge in [-0.2, -0.15) is 0 Å². The molecule has 2 fully saturated rings. The molecule has 6 rings (SSSR count). The average Bonchev–Trinajstić information content (AvgIpc) is 3.33. The monoisotopic (exact) mass is 551 g/mol. The topological polar surface area (TPSA) is 12.5 Å². The molecule has 0 amide bonds. The van der Waals surface area contributed by atoms with Crippen LogP contribution >= 0.6 is 16.2 Å². The summed E-state index contributed by atoms with van der Waals surface area (Å²) in [5, 5.41) is 5.43. The molecule has 0 aliphatic heterocycles. The van der Waals surface area contributed by atoms with Crippen molar-refractivity contribution >= 4 is 37.4 Å². The standard InChI is InChI=1S/C35H39NOP2/c1-34(2)28-24-25-35(34,27-36(3)38(29-16-8-4-9-17-29)30-18-10-5-11-19-30)33(26-28)37-39(31-20-12-6-13-21-31)32-22-14-7-15-23-32/h4-23,28,33H,24-27H2,1-3H3/t28-,33-,35-/m1/s1. The number of fused-ring (bicyclic) bond motifs is 2. The molecule has 4 aromatic rings. The Morgan fingerprint density at radius 3 is 1.56 bits per heavy atom. The van der Waals surface area contributed by atoms with Crippen molar-refractivity contribution in [2.75, 3.05) is 13.6 Å². The highest BCUT2D eigenvalue weighted by atomic mass is 31.1. The molecule has 200 valence electrons. The van der Waals surface area contributed by atoms with Gasteiger partial charge in [0.2, 0.25) is 0 Å². The van der Waals surface area contributed by atoms with Crippen LogP contribution in [-0.2, 0) is 4.52 Å². The molecular weight excluding hydrogens is 512 g/mol. The van der Waals surface area contributed by atoms with Crippen molar-refractivity contribution < 1.29 is 4.52 Å². The smallest absolute Gasteiger partial charge is 0.0921 e. The predicted molar refractivity (Wildman–Crippen MR) is 169 cm³/mol. The highest BCUT2D eigenvalue weighted by Crippen LogP contribution is 2.68. The summed E-state index contributed by atoms with van der Waals surface area (Å²) in [5.74, 6) is 0.707. The maximum atomic E-state index is 7.39. The molecular formula is C35H39NOP2. The molecule has 0 unspecified atom stereocenters. The molecule has 0 saturated heterocycles. The minimum atomic E-state index is -0.888. The van der Waals surface area contributed by atoms with E-state index in [9.17, 15) is 0 Å². The van der Waals surface area contributed by atoms with Gasteiger partial charge in [0, 0.05) is 30.6 Å². The number of rotatable bonds is 9. The van der Waals surface area contributed by atoms with E-state index in [-0.39, 0.29) is 16.9 Å². The van der Waals surface area contributed by atoms with Crippen LogP contribution in [0, 0.1) is 16.7 Å². The van der Waals surface area contributed by atoms with E-state index in [1.54, 1.807) is 0 Å². The first-order valence-corrected chi connectivity index (χ1v) is 16.7. The molecule has 0 spiro atoms. The van der Waals surface area contributed by atoms with Gasteiger partial charge in [0.15, 0.2) is 0 Å². The Morgan fingerprint density at radius 2 is 1.13 bits per heavy atom. The van der Waals surface area contributed by atoms with Crippen molar-refractivity contribution in [3.05, 3.63) is 121 Å². The molecule has 4 aromatic carbocycles. The van der Waals surface area contributed by atoms with Crippen LogP contribution in [0.4, 0.5) is 0 Å². The summed E-state index contributed by atoms with van der Waals surface area (Å²) >= 11 is 0. The van der Waals surface area contributed by atoms with E-state index in [1.165, 1.54) is 34.1 Å². The third-order valence-corrected chi connectivity index (χ3v) is 13.8. The largest absolute Gasteiger partial charge is 0.346 e. The maximum absolute atomic E-state index is 7.39. The first-order chi connectivity index (χ1) is 19.0. The van der Waals surface area contributed by atoms with Crippen molar-refractivity contribution in [1.82, 2.24) is 4.67 Å². The van der Waals surface area contributed by atoms with E-state index >= 15 is 0 Å². The Labute approximate surface area is 237 Å². The van der Waals surface area contributed by atoms with Crippen LogP contribution < -0.4 is 21.2 Å². The second-order valence-corrected chi connectivity index (χ2v) is 15.9. The first-order valence-electron chi connectivity index (χ1n) is 14.2. The van der Waals surface area contributed by atoms with Crippen LogP contribution in [0.25, 0.3) is 0 Å². The summed E-state index contributed by atoms with van der Waals surface area (Å²) in [5.41, 5.74) is 0.343. The fraction of sp³-hybridized carbons (Fsp3) is 0.314. The van der Waals surface area contributed by atoms with Crippen molar-refractivity contribution in [2.24, 2.45) is 16.7 Å². The molecule has 2 nitrogen and oxygen atoms in total. The average molecular weight is 552 g/mol. The lowest BCUT2D eigenvalue weighted by molar-refractivity contribution is 0.0106. The van der Waals surface area contributed by atoms with Gasteiger partial charge in [-0.3, -0.25) is 4.67 Å². The normalized spacial score (nSPS) is 23.6. The van der Waals surface area contributed by atoms with Gasteiger partial charge in [0.1, 0.15) is 0 Å². The summed E-state index contributed by atoms with van der Waals surface area (Å²) in [6.07, 6.45) is 3.94. The zero-order valence-corrected chi connectivity index (χ0v) is 25.1. The maximum Gasteiger partial charge on any atom is 0.0921 e. The zero-order chi connectivity index (χ0) is 26.9. The van der Waals surface area contributed by atoms with Gasteiger partial charge in [-0.05, 0) is 48.3 Å². The van der Waals surface area contributed by atoms with E-state index in [1.807, 2.05) is 0 Å². The molecule has 2 aliphatic carbocycles. The Balaban J connectivity index is 1.36. The molecule has 2 saturated carbocycles. The van der Waals surface area contributed by atoms with E-state index in [4.69, 9.17) is 4.52 Å². The molecule has 39 heavy (non-hydrogen) atoms. The van der Waals surface area contributed by atoms with E-state index < -0.39 is 16.2 Å². The van der Waals surface area contributed by atoms with Crippen LogP contribution in [-0.4, -0.2) is 24.4 Å². The number of benzene rings is 4.